The van der Waals surface area contributed by atoms with Crippen LogP contribution in [0.2, 0.25) is 0 Å². The molecule has 1 aliphatic heterocycles. The number of sulfone groups is 1. The van der Waals surface area contributed by atoms with E-state index in [1.54, 1.807) is 4.90 Å². The third kappa shape index (κ3) is 4.01. The topological polar surface area (TPSA) is 81.5 Å². The molecule has 2 heterocycles. The first kappa shape index (κ1) is 20.6. The number of carbonyl (C=O) groups excluding carboxylic acids is 1. The number of nitrogens with zero attached hydrogens (tertiary/aromatic N) is 3. The zero-order chi connectivity index (χ0) is 20.9. The lowest BCUT2D eigenvalue weighted by Crippen LogP contribution is -2.45. The number of carbonyl (C=O) groups is 1. The molecule has 154 valence electrons. The molecule has 0 N–H and O–H groups in total. The Morgan fingerprint density at radius 3 is 2.54 bits per heavy atom. The van der Waals surface area contributed by atoms with Crippen molar-refractivity contribution >= 4 is 27.0 Å². The smallest absolute Gasteiger partial charge is 0.410 e. The van der Waals surface area contributed by atoms with Crippen molar-refractivity contribution in [2.24, 2.45) is 5.92 Å². The molecule has 1 saturated heterocycles. The van der Waals surface area contributed by atoms with E-state index in [1.807, 2.05) is 57.4 Å². The molecule has 1 fully saturated rings. The zero-order valence-corrected chi connectivity index (χ0v) is 18.2. The summed E-state index contributed by atoms with van der Waals surface area (Å²) in [5, 5.41) is 0.0966. The number of hydrogen-bond acceptors (Lipinski definition) is 5. The number of aryl methyl sites for hydroxylation is 1. The standard InChI is InChI=1S/C20H29N3O4S/c1-13-8-7-9-16-17(13)21-18(28(6,25)26)23(16)15-10-11-22(12-14(15)2)19(24)27-20(3,4)5/h7-9,14-15H,10-12H2,1-6H3/t14-,15-/m0/s1. The highest BCUT2D eigenvalue weighted by atomic mass is 32.2. The van der Waals surface area contributed by atoms with E-state index in [0.717, 1.165) is 11.1 Å². The lowest BCUT2D eigenvalue weighted by Gasteiger charge is -2.38. The Hall–Kier alpha value is -2.09. The normalized spacial score (nSPS) is 21.1. The Bertz CT molecular complexity index is 1000. The molecular formula is C20H29N3O4S. The highest BCUT2D eigenvalue weighted by Crippen LogP contribution is 2.35. The SMILES string of the molecule is Cc1cccc2c1nc(S(C)(=O)=O)n2[C@H]1CCN(C(=O)OC(C)(C)C)C[C@@H]1C. The number of aromatic nitrogens is 2. The Balaban J connectivity index is 1.96. The molecule has 0 aliphatic carbocycles. The number of imidazole rings is 1. The van der Waals surface area contributed by atoms with Gasteiger partial charge in [-0.05, 0) is 51.7 Å². The minimum Gasteiger partial charge on any atom is -0.444 e. The minimum absolute atomic E-state index is 0.0553. The van der Waals surface area contributed by atoms with Gasteiger partial charge in [-0.3, -0.25) is 0 Å². The van der Waals surface area contributed by atoms with Gasteiger partial charge in [-0.25, -0.2) is 18.2 Å². The Morgan fingerprint density at radius 2 is 1.96 bits per heavy atom. The molecule has 28 heavy (non-hydrogen) atoms. The lowest BCUT2D eigenvalue weighted by molar-refractivity contribution is 0.0122. The summed E-state index contributed by atoms with van der Waals surface area (Å²) in [5.41, 5.74) is 1.94. The monoisotopic (exact) mass is 407 g/mol. The third-order valence-corrected chi connectivity index (χ3v) is 6.02. The molecule has 0 bridgehead atoms. The lowest BCUT2D eigenvalue weighted by atomic mass is 9.93. The molecule has 0 spiro atoms. The molecule has 1 aliphatic rings. The molecule has 3 rings (SSSR count). The van der Waals surface area contributed by atoms with Crippen LogP contribution in [0.1, 0.15) is 45.7 Å². The van der Waals surface area contributed by atoms with Gasteiger partial charge in [0, 0.05) is 25.4 Å². The van der Waals surface area contributed by atoms with Crippen molar-refractivity contribution in [3.8, 4) is 0 Å². The number of para-hydroxylation sites is 1. The van der Waals surface area contributed by atoms with Crippen LogP contribution in [-0.4, -0.2) is 53.9 Å². The van der Waals surface area contributed by atoms with Gasteiger partial charge in [0.25, 0.3) is 0 Å². The van der Waals surface area contributed by atoms with Crippen molar-refractivity contribution in [1.29, 1.82) is 0 Å². The van der Waals surface area contributed by atoms with Crippen LogP contribution in [0, 0.1) is 12.8 Å². The maximum atomic E-state index is 12.4. The first-order valence-corrected chi connectivity index (χ1v) is 11.4. The van der Waals surface area contributed by atoms with Crippen LogP contribution in [0.15, 0.2) is 23.4 Å². The number of rotatable bonds is 2. The second-order valence-electron chi connectivity index (χ2n) is 8.74. The summed E-state index contributed by atoms with van der Waals surface area (Å²) in [4.78, 5) is 18.6. The van der Waals surface area contributed by atoms with Crippen molar-refractivity contribution in [3.63, 3.8) is 0 Å². The van der Waals surface area contributed by atoms with Gasteiger partial charge >= 0.3 is 6.09 Å². The predicted molar refractivity (Wildman–Crippen MR) is 108 cm³/mol. The number of amides is 1. The molecular weight excluding hydrogens is 378 g/mol. The molecule has 8 heteroatoms. The summed E-state index contributed by atoms with van der Waals surface area (Å²) in [5.74, 6) is 0.0553. The van der Waals surface area contributed by atoms with Crippen molar-refractivity contribution < 1.29 is 17.9 Å². The quantitative estimate of drug-likeness (QED) is 0.760. The molecule has 1 aromatic carbocycles. The Kier molecular flexibility index (Phi) is 5.20. The van der Waals surface area contributed by atoms with Gasteiger partial charge in [0.1, 0.15) is 5.60 Å². The van der Waals surface area contributed by atoms with E-state index in [1.165, 1.54) is 6.26 Å². The van der Waals surface area contributed by atoms with Gasteiger partial charge in [-0.2, -0.15) is 0 Å². The fourth-order valence-corrected chi connectivity index (χ4v) is 4.68. The zero-order valence-electron chi connectivity index (χ0n) is 17.4. The molecule has 0 saturated carbocycles. The number of hydrogen-bond donors (Lipinski definition) is 0. The number of benzene rings is 1. The van der Waals surface area contributed by atoms with E-state index in [-0.39, 0.29) is 23.2 Å². The van der Waals surface area contributed by atoms with E-state index in [4.69, 9.17) is 4.74 Å². The van der Waals surface area contributed by atoms with Gasteiger partial charge in [0.15, 0.2) is 0 Å². The van der Waals surface area contributed by atoms with Gasteiger partial charge in [0.2, 0.25) is 15.0 Å². The van der Waals surface area contributed by atoms with Gasteiger partial charge in [0.05, 0.1) is 11.0 Å². The molecule has 1 amide bonds. The van der Waals surface area contributed by atoms with E-state index < -0.39 is 15.4 Å². The van der Waals surface area contributed by atoms with E-state index >= 15 is 0 Å². The van der Waals surface area contributed by atoms with Crippen molar-refractivity contribution in [2.45, 2.75) is 57.8 Å². The summed E-state index contributed by atoms with van der Waals surface area (Å²) < 4.78 is 32.2. The number of likely N-dealkylation sites (tertiary alicyclic amines) is 1. The van der Waals surface area contributed by atoms with Gasteiger partial charge in [-0.15, -0.1) is 0 Å². The first-order valence-electron chi connectivity index (χ1n) is 9.54. The fraction of sp³-hybridized carbons (Fsp3) is 0.600. The summed E-state index contributed by atoms with van der Waals surface area (Å²) in [6, 6.07) is 5.70. The predicted octanol–water partition coefficient (Wildman–Crippen LogP) is 3.57. The summed E-state index contributed by atoms with van der Waals surface area (Å²) in [6.07, 6.45) is 1.51. The second-order valence-corrected chi connectivity index (χ2v) is 10.6. The number of fused-ring (bicyclic) bond motifs is 1. The van der Waals surface area contributed by atoms with E-state index in [9.17, 15) is 13.2 Å². The molecule has 0 unspecified atom stereocenters. The third-order valence-electron chi connectivity index (χ3n) is 5.06. The van der Waals surface area contributed by atoms with Crippen LogP contribution in [0.5, 0.6) is 0 Å². The molecule has 2 aromatic rings. The van der Waals surface area contributed by atoms with Crippen LogP contribution in [0.25, 0.3) is 11.0 Å². The van der Waals surface area contributed by atoms with Crippen LogP contribution >= 0.6 is 0 Å². The van der Waals surface area contributed by atoms with E-state index in [2.05, 4.69) is 4.98 Å². The highest BCUT2D eigenvalue weighted by Gasteiger charge is 2.35. The molecule has 2 atom stereocenters. The largest absolute Gasteiger partial charge is 0.444 e. The summed E-state index contributed by atoms with van der Waals surface area (Å²) in [7, 11) is -3.49. The molecule has 0 radical (unpaired) electrons. The van der Waals surface area contributed by atoms with Gasteiger partial charge in [-0.1, -0.05) is 19.1 Å². The van der Waals surface area contributed by atoms with Crippen LogP contribution in [-0.2, 0) is 14.6 Å². The minimum atomic E-state index is -3.49. The average Bonchev–Trinajstić information content (AvgIpc) is 2.94. The van der Waals surface area contributed by atoms with Crippen LogP contribution in [0.4, 0.5) is 4.79 Å². The number of ether oxygens (including phenoxy) is 1. The van der Waals surface area contributed by atoms with Crippen LogP contribution in [0.3, 0.4) is 0 Å². The maximum Gasteiger partial charge on any atom is 0.410 e. The van der Waals surface area contributed by atoms with Crippen molar-refractivity contribution in [3.05, 3.63) is 23.8 Å². The van der Waals surface area contributed by atoms with Crippen LogP contribution < -0.4 is 0 Å². The fourth-order valence-electron chi connectivity index (χ4n) is 3.83. The first-order chi connectivity index (χ1) is 12.9. The Labute approximate surface area is 166 Å². The van der Waals surface area contributed by atoms with E-state index in [0.29, 0.717) is 25.0 Å². The van der Waals surface area contributed by atoms with Gasteiger partial charge < -0.3 is 14.2 Å². The summed E-state index contributed by atoms with van der Waals surface area (Å²) in [6.45, 7) is 10.5. The average molecular weight is 408 g/mol. The molecule has 7 nitrogen and oxygen atoms in total. The Morgan fingerprint density at radius 1 is 1.29 bits per heavy atom. The highest BCUT2D eigenvalue weighted by molar-refractivity contribution is 7.90. The maximum absolute atomic E-state index is 12.4. The number of piperidine rings is 1. The van der Waals surface area contributed by atoms with Crippen molar-refractivity contribution in [1.82, 2.24) is 14.5 Å². The summed E-state index contributed by atoms with van der Waals surface area (Å²) >= 11 is 0. The van der Waals surface area contributed by atoms with Crippen molar-refractivity contribution in [2.75, 3.05) is 19.3 Å². The molecule has 1 aromatic heterocycles. The second kappa shape index (κ2) is 7.06.